The number of nitrogens with one attached hydrogen (secondary N) is 2. The van der Waals surface area contributed by atoms with Crippen molar-refractivity contribution >= 4 is 50.6 Å². The molecule has 0 spiro atoms. The number of likely N-dealkylation sites (N-methyl/N-ethyl adjacent to an activating group) is 1. The first kappa shape index (κ1) is 20.1. The molecule has 8 nitrogen and oxygen atoms in total. The van der Waals surface area contributed by atoms with E-state index in [1.165, 1.54) is 11.3 Å². The van der Waals surface area contributed by atoms with Crippen molar-refractivity contribution in [3.05, 3.63) is 47.3 Å². The van der Waals surface area contributed by atoms with E-state index in [4.69, 9.17) is 5.11 Å². The normalized spacial score (nSPS) is 14.6. The van der Waals surface area contributed by atoms with Crippen LogP contribution < -0.4 is 15.5 Å². The quantitative estimate of drug-likeness (QED) is 0.559. The fourth-order valence-corrected chi connectivity index (χ4v) is 4.32. The van der Waals surface area contributed by atoms with Gasteiger partial charge in [0.05, 0.1) is 0 Å². The highest BCUT2D eigenvalue weighted by molar-refractivity contribution is 7.18. The smallest absolute Gasteiger partial charge is 0.322 e. The Balaban J connectivity index is 1.57. The van der Waals surface area contributed by atoms with Gasteiger partial charge in [0.2, 0.25) is 0 Å². The molecular formula is C21H23N5O3S. The highest BCUT2D eigenvalue weighted by Crippen LogP contribution is 2.31. The Morgan fingerprint density at radius 1 is 1.10 bits per heavy atom. The molecule has 1 fully saturated rings. The van der Waals surface area contributed by atoms with Gasteiger partial charge in [-0.2, -0.15) is 0 Å². The number of anilines is 3. The molecule has 1 aliphatic rings. The minimum atomic E-state index is -1.01. The molecule has 156 valence electrons. The zero-order valence-corrected chi connectivity index (χ0v) is 17.4. The first-order chi connectivity index (χ1) is 14.5. The predicted molar refractivity (Wildman–Crippen MR) is 120 cm³/mol. The second kappa shape index (κ2) is 8.68. The van der Waals surface area contributed by atoms with Crippen molar-refractivity contribution in [3.63, 3.8) is 0 Å². The number of hydrogen-bond acceptors (Lipinski definition) is 7. The summed E-state index contributed by atoms with van der Waals surface area (Å²) in [6.07, 6.45) is 0. The monoisotopic (exact) mass is 425 g/mol. The van der Waals surface area contributed by atoms with E-state index in [0.29, 0.717) is 16.4 Å². The number of thiazole rings is 1. The summed E-state index contributed by atoms with van der Waals surface area (Å²) < 4.78 is 0. The van der Waals surface area contributed by atoms with E-state index in [1.54, 1.807) is 0 Å². The summed E-state index contributed by atoms with van der Waals surface area (Å²) in [5, 5.41) is 17.6. The maximum atomic E-state index is 13.0. The number of carbonyl (C=O) groups excluding carboxylic acids is 1. The van der Waals surface area contributed by atoms with Gasteiger partial charge in [0.15, 0.2) is 10.9 Å². The van der Waals surface area contributed by atoms with Crippen molar-refractivity contribution in [2.75, 3.05) is 55.3 Å². The molecule has 4 rings (SSSR count). The topological polar surface area (TPSA) is 97.8 Å². The lowest BCUT2D eigenvalue weighted by atomic mass is 10.1. The maximum absolute atomic E-state index is 13.0. The van der Waals surface area contributed by atoms with Gasteiger partial charge in [0.25, 0.3) is 5.91 Å². The Morgan fingerprint density at radius 2 is 1.83 bits per heavy atom. The fourth-order valence-electron chi connectivity index (χ4n) is 3.33. The molecular weight excluding hydrogens is 402 g/mol. The molecule has 0 bridgehead atoms. The summed E-state index contributed by atoms with van der Waals surface area (Å²) in [5.74, 6) is -1.02. The number of fused-ring (bicyclic) bond motifs is 1. The number of nitrogens with zero attached hydrogens (tertiary/aromatic N) is 3. The number of amides is 1. The summed E-state index contributed by atoms with van der Waals surface area (Å²) in [6.45, 7) is 3.15. The van der Waals surface area contributed by atoms with Crippen LogP contribution in [0.1, 0.15) is 9.67 Å². The Hall–Kier alpha value is -3.17. The molecule has 0 saturated carbocycles. The molecule has 0 atom stereocenters. The molecule has 1 amide bonds. The average Bonchev–Trinajstić information content (AvgIpc) is 3.17. The molecule has 1 aliphatic heterocycles. The van der Waals surface area contributed by atoms with Gasteiger partial charge in [0, 0.05) is 31.9 Å². The molecule has 30 heavy (non-hydrogen) atoms. The lowest BCUT2D eigenvalue weighted by Gasteiger charge is -2.32. The molecule has 2 aromatic carbocycles. The van der Waals surface area contributed by atoms with E-state index < -0.39 is 5.97 Å². The summed E-state index contributed by atoms with van der Waals surface area (Å²) in [4.78, 5) is 33.3. The van der Waals surface area contributed by atoms with E-state index in [9.17, 15) is 9.59 Å². The molecule has 3 N–H and O–H groups in total. The number of carboxylic acids is 1. The number of piperazine rings is 1. The molecule has 3 aromatic rings. The third kappa shape index (κ3) is 4.52. The van der Waals surface area contributed by atoms with Gasteiger partial charge in [0.1, 0.15) is 11.4 Å². The summed E-state index contributed by atoms with van der Waals surface area (Å²) in [7, 11) is 2.07. The largest absolute Gasteiger partial charge is 0.480 e. The van der Waals surface area contributed by atoms with Crippen molar-refractivity contribution in [2.45, 2.75) is 0 Å². The van der Waals surface area contributed by atoms with E-state index >= 15 is 0 Å². The van der Waals surface area contributed by atoms with Crippen LogP contribution in [0.5, 0.6) is 0 Å². The maximum Gasteiger partial charge on any atom is 0.322 e. The van der Waals surface area contributed by atoms with Crippen molar-refractivity contribution in [1.82, 2.24) is 9.88 Å². The Kier molecular flexibility index (Phi) is 5.82. The first-order valence-corrected chi connectivity index (χ1v) is 10.5. The molecule has 9 heteroatoms. The van der Waals surface area contributed by atoms with E-state index in [1.807, 2.05) is 42.5 Å². The molecule has 0 radical (unpaired) electrons. The van der Waals surface area contributed by atoms with Gasteiger partial charge < -0.3 is 25.5 Å². The fraction of sp³-hybridized carbons (Fsp3) is 0.286. The van der Waals surface area contributed by atoms with Crippen LogP contribution in [0.15, 0.2) is 42.5 Å². The molecule has 1 aromatic heterocycles. The summed E-state index contributed by atoms with van der Waals surface area (Å²) in [5.41, 5.74) is 0.678. The van der Waals surface area contributed by atoms with Crippen LogP contribution in [-0.2, 0) is 4.79 Å². The highest BCUT2D eigenvalue weighted by atomic mass is 32.1. The lowest BCUT2D eigenvalue weighted by molar-refractivity contribution is -0.134. The van der Waals surface area contributed by atoms with Crippen molar-refractivity contribution in [3.8, 4) is 0 Å². The highest BCUT2D eigenvalue weighted by Gasteiger charge is 2.24. The number of carbonyl (C=O) groups is 2. The van der Waals surface area contributed by atoms with Gasteiger partial charge in [-0.15, -0.1) is 0 Å². The van der Waals surface area contributed by atoms with Crippen LogP contribution in [0, 0.1) is 0 Å². The van der Waals surface area contributed by atoms with Crippen LogP contribution >= 0.6 is 11.3 Å². The van der Waals surface area contributed by atoms with E-state index in [-0.39, 0.29) is 12.5 Å². The van der Waals surface area contributed by atoms with Crippen molar-refractivity contribution < 1.29 is 14.7 Å². The van der Waals surface area contributed by atoms with Crippen LogP contribution in [0.25, 0.3) is 10.8 Å². The third-order valence-electron chi connectivity index (χ3n) is 5.01. The zero-order chi connectivity index (χ0) is 21.1. The number of benzene rings is 2. The van der Waals surface area contributed by atoms with Gasteiger partial charge in [-0.05, 0) is 30.0 Å². The lowest BCUT2D eigenvalue weighted by Crippen LogP contribution is -2.44. The Bertz CT molecular complexity index is 1080. The number of aliphatic carboxylic acids is 1. The van der Waals surface area contributed by atoms with Crippen molar-refractivity contribution in [1.29, 1.82) is 0 Å². The van der Waals surface area contributed by atoms with Gasteiger partial charge in [-0.25, -0.2) is 4.98 Å². The Morgan fingerprint density at radius 3 is 2.57 bits per heavy atom. The zero-order valence-electron chi connectivity index (χ0n) is 16.6. The molecule has 1 saturated heterocycles. The molecule has 0 unspecified atom stereocenters. The van der Waals surface area contributed by atoms with Crippen LogP contribution in [0.4, 0.5) is 16.6 Å². The first-order valence-electron chi connectivity index (χ1n) is 9.70. The number of rotatable bonds is 6. The van der Waals surface area contributed by atoms with Gasteiger partial charge >= 0.3 is 5.97 Å². The predicted octanol–water partition coefficient (Wildman–Crippen LogP) is 2.80. The van der Waals surface area contributed by atoms with Crippen LogP contribution in [-0.4, -0.2) is 66.6 Å². The van der Waals surface area contributed by atoms with Crippen LogP contribution in [0.2, 0.25) is 0 Å². The van der Waals surface area contributed by atoms with Crippen LogP contribution in [0.3, 0.4) is 0 Å². The second-order valence-corrected chi connectivity index (χ2v) is 8.21. The summed E-state index contributed by atoms with van der Waals surface area (Å²) >= 11 is 1.28. The Labute approximate surface area is 178 Å². The molecule has 2 heterocycles. The number of carboxylic acid groups (broad SMARTS) is 1. The van der Waals surface area contributed by atoms with Gasteiger partial charge in [-0.1, -0.05) is 41.7 Å². The van der Waals surface area contributed by atoms with Crippen molar-refractivity contribution in [2.24, 2.45) is 0 Å². The SMILES string of the molecule is CN1CCN(c2nc(NCC(=O)O)c(C(=O)Nc3ccc4ccccc4c3)s2)CC1. The summed E-state index contributed by atoms with van der Waals surface area (Å²) in [6, 6.07) is 13.7. The minimum absolute atomic E-state index is 0.301. The molecule has 0 aliphatic carbocycles. The number of aromatic nitrogens is 1. The van der Waals surface area contributed by atoms with E-state index in [0.717, 1.165) is 42.1 Å². The number of hydrogen-bond donors (Lipinski definition) is 3. The second-order valence-electron chi connectivity index (χ2n) is 7.23. The standard InChI is InChI=1S/C21H23N5O3S/c1-25-8-10-26(11-9-25)21-24-19(22-13-17(27)28)18(30-21)20(29)23-16-7-6-14-4-2-3-5-15(14)12-16/h2-7,12,22H,8-11,13H2,1H3,(H,23,29)(H,27,28). The average molecular weight is 426 g/mol. The minimum Gasteiger partial charge on any atom is -0.480 e. The van der Waals surface area contributed by atoms with E-state index in [2.05, 4.69) is 32.5 Å². The van der Waals surface area contributed by atoms with Gasteiger partial charge in [-0.3, -0.25) is 9.59 Å². The third-order valence-corrected chi connectivity index (χ3v) is 6.13.